The van der Waals surface area contributed by atoms with Gasteiger partial charge in [-0.25, -0.2) is 5.48 Å². The van der Waals surface area contributed by atoms with Crippen LogP contribution in [0.2, 0.25) is 0 Å². The minimum Gasteiger partial charge on any atom is -0.423 e. The molecular formula is C13H15N3O3. The molecule has 0 bridgehead atoms. The lowest BCUT2D eigenvalue weighted by Gasteiger charge is -2.18. The average molecular weight is 261 g/mol. The largest absolute Gasteiger partial charge is 0.423 e. The molecule has 2 aromatic rings. The number of hydrogen-bond donors (Lipinski definition) is 1. The molecule has 0 fully saturated rings. The molecule has 1 heterocycles. The van der Waals surface area contributed by atoms with E-state index in [1.807, 2.05) is 20.8 Å². The van der Waals surface area contributed by atoms with Gasteiger partial charge >= 0.3 is 0 Å². The second kappa shape index (κ2) is 5.19. The van der Waals surface area contributed by atoms with Crippen LogP contribution >= 0.6 is 0 Å². The fourth-order valence-electron chi connectivity index (χ4n) is 1.32. The summed E-state index contributed by atoms with van der Waals surface area (Å²) in [6, 6.07) is 6.81. The summed E-state index contributed by atoms with van der Waals surface area (Å²) in [6.45, 7) is 5.56. The Morgan fingerprint density at radius 3 is 2.47 bits per heavy atom. The Labute approximate surface area is 110 Å². The fourth-order valence-corrected chi connectivity index (χ4v) is 1.32. The second-order valence-electron chi connectivity index (χ2n) is 4.97. The van der Waals surface area contributed by atoms with Crippen molar-refractivity contribution in [3.05, 3.63) is 36.2 Å². The summed E-state index contributed by atoms with van der Waals surface area (Å²) in [5.74, 6) is 0.116. The number of nitrogens with zero attached hydrogens (tertiary/aromatic N) is 2. The zero-order valence-corrected chi connectivity index (χ0v) is 11.0. The third-order valence-corrected chi connectivity index (χ3v) is 2.20. The molecule has 1 N–H and O–H groups in total. The van der Waals surface area contributed by atoms with E-state index in [1.165, 1.54) is 6.39 Å². The van der Waals surface area contributed by atoms with Gasteiger partial charge in [0.2, 0.25) is 12.3 Å². The van der Waals surface area contributed by atoms with Gasteiger partial charge in [-0.05, 0) is 45.0 Å². The minimum absolute atomic E-state index is 0.299. The van der Waals surface area contributed by atoms with Gasteiger partial charge in [0.05, 0.1) is 5.60 Å². The maximum atomic E-state index is 11.8. The molecule has 19 heavy (non-hydrogen) atoms. The number of benzene rings is 1. The molecule has 1 amide bonds. The van der Waals surface area contributed by atoms with Crippen LogP contribution in [-0.4, -0.2) is 21.7 Å². The van der Waals surface area contributed by atoms with Gasteiger partial charge in [-0.3, -0.25) is 9.63 Å². The van der Waals surface area contributed by atoms with Crippen LogP contribution in [0, 0.1) is 0 Å². The van der Waals surface area contributed by atoms with E-state index in [4.69, 9.17) is 9.25 Å². The first kappa shape index (κ1) is 13.2. The zero-order valence-electron chi connectivity index (χ0n) is 11.0. The highest BCUT2D eigenvalue weighted by Gasteiger charge is 2.14. The van der Waals surface area contributed by atoms with Gasteiger partial charge in [0.15, 0.2) is 0 Å². The molecule has 6 heteroatoms. The summed E-state index contributed by atoms with van der Waals surface area (Å²) >= 11 is 0. The van der Waals surface area contributed by atoms with Gasteiger partial charge in [0, 0.05) is 11.1 Å². The lowest BCUT2D eigenvalue weighted by atomic mass is 10.1. The van der Waals surface area contributed by atoms with Crippen LogP contribution in [0.5, 0.6) is 0 Å². The number of amides is 1. The molecule has 0 aliphatic carbocycles. The van der Waals surface area contributed by atoms with E-state index in [-0.39, 0.29) is 5.91 Å². The van der Waals surface area contributed by atoms with Crippen molar-refractivity contribution in [1.82, 2.24) is 15.7 Å². The highest BCUT2D eigenvalue weighted by Crippen LogP contribution is 2.16. The maximum absolute atomic E-state index is 11.8. The van der Waals surface area contributed by atoms with Crippen molar-refractivity contribution in [2.75, 3.05) is 0 Å². The average Bonchev–Trinajstić information content (AvgIpc) is 2.89. The third kappa shape index (κ3) is 3.62. The summed E-state index contributed by atoms with van der Waals surface area (Å²) in [5, 5.41) is 7.38. The molecule has 2 rings (SSSR count). The molecule has 0 saturated carbocycles. The molecule has 0 aliphatic heterocycles. The fraction of sp³-hybridized carbons (Fsp3) is 0.308. The van der Waals surface area contributed by atoms with E-state index < -0.39 is 5.60 Å². The predicted octanol–water partition coefficient (Wildman–Crippen LogP) is 2.20. The molecule has 0 spiro atoms. The predicted molar refractivity (Wildman–Crippen MR) is 68.0 cm³/mol. The van der Waals surface area contributed by atoms with Crippen molar-refractivity contribution in [2.45, 2.75) is 26.4 Å². The number of aromatic nitrogens is 2. The first-order chi connectivity index (χ1) is 8.96. The van der Waals surface area contributed by atoms with E-state index in [2.05, 4.69) is 15.7 Å². The molecule has 0 saturated heterocycles. The highest BCUT2D eigenvalue weighted by molar-refractivity contribution is 5.93. The first-order valence-electron chi connectivity index (χ1n) is 5.81. The van der Waals surface area contributed by atoms with Crippen molar-refractivity contribution < 1.29 is 14.0 Å². The van der Waals surface area contributed by atoms with E-state index in [0.29, 0.717) is 11.5 Å². The standard InChI is InChI=1S/C13H15N3O3/c1-13(2,3)19-16-11(17)9-4-6-10(7-5-9)12-15-14-8-18-12/h4-8H,1-3H3,(H,16,17). The number of rotatable bonds is 3. The molecule has 1 aromatic carbocycles. The van der Waals surface area contributed by atoms with Crippen LogP contribution in [0.1, 0.15) is 31.1 Å². The Bertz CT molecular complexity index is 542. The van der Waals surface area contributed by atoms with Crippen molar-refractivity contribution in [1.29, 1.82) is 0 Å². The topological polar surface area (TPSA) is 77.2 Å². The zero-order chi connectivity index (χ0) is 13.9. The van der Waals surface area contributed by atoms with Gasteiger partial charge in [0.25, 0.3) is 5.91 Å². The van der Waals surface area contributed by atoms with Crippen molar-refractivity contribution in [2.24, 2.45) is 0 Å². The van der Waals surface area contributed by atoms with Gasteiger partial charge in [-0.15, -0.1) is 10.2 Å². The van der Waals surface area contributed by atoms with E-state index >= 15 is 0 Å². The van der Waals surface area contributed by atoms with Crippen molar-refractivity contribution in [3.8, 4) is 11.5 Å². The lowest BCUT2D eigenvalue weighted by molar-refractivity contribution is -0.0589. The molecule has 100 valence electrons. The van der Waals surface area contributed by atoms with E-state index in [1.54, 1.807) is 24.3 Å². The molecule has 6 nitrogen and oxygen atoms in total. The van der Waals surface area contributed by atoms with Crippen molar-refractivity contribution in [3.63, 3.8) is 0 Å². The number of hydrogen-bond acceptors (Lipinski definition) is 5. The Hall–Kier alpha value is -2.21. The summed E-state index contributed by atoms with van der Waals surface area (Å²) < 4.78 is 5.06. The van der Waals surface area contributed by atoms with E-state index in [0.717, 1.165) is 5.56 Å². The van der Waals surface area contributed by atoms with E-state index in [9.17, 15) is 4.79 Å². The van der Waals surface area contributed by atoms with Crippen LogP contribution in [0.3, 0.4) is 0 Å². The Kier molecular flexibility index (Phi) is 3.62. The highest BCUT2D eigenvalue weighted by atomic mass is 16.7. The summed E-state index contributed by atoms with van der Waals surface area (Å²) in [4.78, 5) is 17.0. The number of nitrogens with one attached hydrogen (secondary N) is 1. The third-order valence-electron chi connectivity index (χ3n) is 2.20. The molecular weight excluding hydrogens is 246 g/mol. The molecule has 0 unspecified atom stereocenters. The molecule has 1 aromatic heterocycles. The maximum Gasteiger partial charge on any atom is 0.274 e. The monoisotopic (exact) mass is 261 g/mol. The number of carbonyl (C=O) groups excluding carboxylic acids is 1. The van der Waals surface area contributed by atoms with Gasteiger partial charge in [-0.2, -0.15) is 0 Å². The minimum atomic E-state index is -0.431. The second-order valence-corrected chi connectivity index (χ2v) is 4.97. The molecule has 0 atom stereocenters. The summed E-state index contributed by atoms with van der Waals surface area (Å²) in [7, 11) is 0. The molecule has 0 radical (unpaired) electrons. The summed E-state index contributed by atoms with van der Waals surface area (Å²) in [6.07, 6.45) is 1.26. The van der Waals surface area contributed by atoms with Gasteiger partial charge < -0.3 is 4.42 Å². The van der Waals surface area contributed by atoms with Crippen LogP contribution in [-0.2, 0) is 4.84 Å². The van der Waals surface area contributed by atoms with Gasteiger partial charge in [0.1, 0.15) is 0 Å². The molecule has 0 aliphatic rings. The Balaban J connectivity index is 2.04. The number of carbonyl (C=O) groups is 1. The smallest absolute Gasteiger partial charge is 0.274 e. The Morgan fingerprint density at radius 2 is 1.95 bits per heavy atom. The lowest BCUT2D eigenvalue weighted by Crippen LogP contribution is -2.33. The van der Waals surface area contributed by atoms with Crippen LogP contribution in [0.4, 0.5) is 0 Å². The number of hydroxylamine groups is 1. The van der Waals surface area contributed by atoms with Crippen LogP contribution in [0.25, 0.3) is 11.5 Å². The Morgan fingerprint density at radius 1 is 1.26 bits per heavy atom. The van der Waals surface area contributed by atoms with Crippen LogP contribution in [0.15, 0.2) is 35.1 Å². The SMILES string of the molecule is CC(C)(C)ONC(=O)c1ccc(-c2nnco2)cc1. The van der Waals surface area contributed by atoms with Crippen LogP contribution < -0.4 is 5.48 Å². The first-order valence-corrected chi connectivity index (χ1v) is 5.81. The van der Waals surface area contributed by atoms with Crippen molar-refractivity contribution >= 4 is 5.91 Å². The summed E-state index contributed by atoms with van der Waals surface area (Å²) in [5.41, 5.74) is 3.22. The quantitative estimate of drug-likeness (QED) is 0.857. The normalized spacial score (nSPS) is 11.3. The van der Waals surface area contributed by atoms with Gasteiger partial charge in [-0.1, -0.05) is 0 Å².